The van der Waals surface area contributed by atoms with Crippen LogP contribution in [0.15, 0.2) is 0 Å². The molecule has 0 bridgehead atoms. The summed E-state index contributed by atoms with van der Waals surface area (Å²) in [6.45, 7) is 11.8. The van der Waals surface area contributed by atoms with Crippen LogP contribution in [0.2, 0.25) is 0 Å². The summed E-state index contributed by atoms with van der Waals surface area (Å²) >= 11 is 0. The molecule has 0 unspecified atom stereocenters. The second kappa shape index (κ2) is 5.23. The van der Waals surface area contributed by atoms with Gasteiger partial charge < -0.3 is 10.6 Å². The topological polar surface area (TPSA) is 49.8 Å². The van der Waals surface area contributed by atoms with Crippen LogP contribution in [0, 0.1) is 12.3 Å². The average molecular weight is 276 g/mol. The first-order valence-electron chi connectivity index (χ1n) is 7.62. The van der Waals surface area contributed by atoms with Crippen LogP contribution >= 0.6 is 0 Å². The van der Waals surface area contributed by atoms with Crippen LogP contribution < -0.4 is 10.6 Å². The van der Waals surface area contributed by atoms with Gasteiger partial charge in [0.25, 0.3) is 0 Å². The SMILES string of the molecule is CCC1(CNc2nc(C(C)(C)C)nc(NC)c2C)CC1. The fourth-order valence-corrected chi connectivity index (χ4v) is 2.37. The first kappa shape index (κ1) is 15.1. The Balaban J connectivity index is 2.26. The quantitative estimate of drug-likeness (QED) is 0.860. The van der Waals surface area contributed by atoms with Crippen molar-refractivity contribution in [1.29, 1.82) is 0 Å². The largest absolute Gasteiger partial charge is 0.373 e. The van der Waals surface area contributed by atoms with Crippen LogP contribution in [-0.2, 0) is 5.41 Å². The number of hydrogen-bond acceptors (Lipinski definition) is 4. The molecule has 0 amide bonds. The predicted octanol–water partition coefficient (Wildman–Crippen LogP) is 3.73. The van der Waals surface area contributed by atoms with Crippen molar-refractivity contribution in [2.24, 2.45) is 5.41 Å². The van der Waals surface area contributed by atoms with Gasteiger partial charge in [-0.25, -0.2) is 9.97 Å². The fraction of sp³-hybridized carbons (Fsp3) is 0.750. The molecule has 20 heavy (non-hydrogen) atoms. The van der Waals surface area contributed by atoms with E-state index in [-0.39, 0.29) is 5.41 Å². The maximum atomic E-state index is 4.76. The average Bonchev–Trinajstić information content (AvgIpc) is 3.17. The molecule has 0 saturated heterocycles. The maximum Gasteiger partial charge on any atom is 0.138 e. The van der Waals surface area contributed by atoms with Crippen LogP contribution in [0.5, 0.6) is 0 Å². The van der Waals surface area contributed by atoms with E-state index in [4.69, 9.17) is 4.98 Å². The van der Waals surface area contributed by atoms with Gasteiger partial charge in [-0.05, 0) is 31.6 Å². The number of aromatic nitrogens is 2. The van der Waals surface area contributed by atoms with Gasteiger partial charge in [-0.15, -0.1) is 0 Å². The normalized spacial score (nSPS) is 16.9. The molecule has 0 aliphatic heterocycles. The first-order valence-corrected chi connectivity index (χ1v) is 7.62. The minimum absolute atomic E-state index is 0.0439. The summed E-state index contributed by atoms with van der Waals surface area (Å²) in [7, 11) is 1.92. The monoisotopic (exact) mass is 276 g/mol. The molecule has 1 aliphatic carbocycles. The highest BCUT2D eigenvalue weighted by Gasteiger charge is 2.40. The van der Waals surface area contributed by atoms with Crippen molar-refractivity contribution < 1.29 is 0 Å². The molecule has 0 aromatic carbocycles. The second-order valence-corrected chi connectivity index (χ2v) is 7.08. The highest BCUT2D eigenvalue weighted by atomic mass is 15.1. The molecule has 2 rings (SSSR count). The van der Waals surface area contributed by atoms with Gasteiger partial charge in [-0.2, -0.15) is 0 Å². The minimum Gasteiger partial charge on any atom is -0.373 e. The molecule has 0 radical (unpaired) electrons. The number of rotatable bonds is 5. The van der Waals surface area contributed by atoms with E-state index in [1.807, 2.05) is 7.05 Å². The lowest BCUT2D eigenvalue weighted by molar-refractivity contribution is 0.518. The molecular formula is C16H28N4. The van der Waals surface area contributed by atoms with Crippen molar-refractivity contribution in [2.75, 3.05) is 24.2 Å². The van der Waals surface area contributed by atoms with Crippen molar-refractivity contribution >= 4 is 11.6 Å². The van der Waals surface area contributed by atoms with E-state index in [1.54, 1.807) is 0 Å². The summed E-state index contributed by atoms with van der Waals surface area (Å²) in [5.74, 6) is 2.79. The summed E-state index contributed by atoms with van der Waals surface area (Å²) in [5, 5.41) is 6.75. The molecular weight excluding hydrogens is 248 g/mol. The van der Waals surface area contributed by atoms with Gasteiger partial charge in [0.1, 0.15) is 17.5 Å². The van der Waals surface area contributed by atoms with Crippen LogP contribution in [0.25, 0.3) is 0 Å². The highest BCUT2D eigenvalue weighted by Crippen LogP contribution is 2.48. The molecule has 1 aliphatic rings. The van der Waals surface area contributed by atoms with Crippen molar-refractivity contribution in [3.05, 3.63) is 11.4 Å². The molecule has 1 fully saturated rings. The van der Waals surface area contributed by atoms with Gasteiger partial charge in [-0.1, -0.05) is 27.7 Å². The highest BCUT2D eigenvalue weighted by molar-refractivity contribution is 5.57. The molecule has 4 heteroatoms. The van der Waals surface area contributed by atoms with Crippen molar-refractivity contribution in [2.45, 2.75) is 59.3 Å². The number of nitrogens with zero attached hydrogens (tertiary/aromatic N) is 2. The van der Waals surface area contributed by atoms with Gasteiger partial charge in [0, 0.05) is 24.6 Å². The Hall–Kier alpha value is -1.32. The third-order valence-electron chi connectivity index (χ3n) is 4.39. The summed E-state index contributed by atoms with van der Waals surface area (Å²) in [6, 6.07) is 0. The predicted molar refractivity (Wildman–Crippen MR) is 85.5 cm³/mol. The first-order chi connectivity index (χ1) is 9.31. The molecule has 1 aromatic rings. The van der Waals surface area contributed by atoms with Crippen LogP contribution in [0.1, 0.15) is 58.3 Å². The molecule has 1 aromatic heterocycles. The number of anilines is 2. The molecule has 1 heterocycles. The molecule has 2 N–H and O–H groups in total. The Morgan fingerprint density at radius 3 is 2.20 bits per heavy atom. The van der Waals surface area contributed by atoms with Crippen molar-refractivity contribution in [1.82, 2.24) is 9.97 Å². The Labute approximate surface area is 122 Å². The van der Waals surface area contributed by atoms with Gasteiger partial charge in [-0.3, -0.25) is 0 Å². The van der Waals surface area contributed by atoms with Crippen LogP contribution in [0.4, 0.5) is 11.6 Å². The van der Waals surface area contributed by atoms with E-state index < -0.39 is 0 Å². The number of hydrogen-bond donors (Lipinski definition) is 2. The number of nitrogens with one attached hydrogen (secondary N) is 2. The summed E-state index contributed by atoms with van der Waals surface area (Å²) in [4.78, 5) is 9.40. The van der Waals surface area contributed by atoms with Crippen molar-refractivity contribution in [3.8, 4) is 0 Å². The van der Waals surface area contributed by atoms with Crippen LogP contribution in [-0.4, -0.2) is 23.6 Å². The zero-order valence-electron chi connectivity index (χ0n) is 13.7. The van der Waals surface area contributed by atoms with E-state index in [0.29, 0.717) is 5.41 Å². The second-order valence-electron chi connectivity index (χ2n) is 7.08. The molecule has 4 nitrogen and oxygen atoms in total. The lowest BCUT2D eigenvalue weighted by atomic mass is 9.95. The molecule has 0 atom stereocenters. The smallest absolute Gasteiger partial charge is 0.138 e. The van der Waals surface area contributed by atoms with E-state index >= 15 is 0 Å². The van der Waals surface area contributed by atoms with Crippen molar-refractivity contribution in [3.63, 3.8) is 0 Å². The van der Waals surface area contributed by atoms with Gasteiger partial charge >= 0.3 is 0 Å². The van der Waals surface area contributed by atoms with Gasteiger partial charge in [0.2, 0.25) is 0 Å². The van der Waals surface area contributed by atoms with E-state index in [2.05, 4.69) is 50.2 Å². The fourth-order valence-electron chi connectivity index (χ4n) is 2.37. The van der Waals surface area contributed by atoms with Crippen LogP contribution in [0.3, 0.4) is 0 Å². The summed E-state index contributed by atoms with van der Waals surface area (Å²) in [5.41, 5.74) is 1.57. The zero-order valence-corrected chi connectivity index (χ0v) is 13.7. The Bertz CT molecular complexity index is 484. The van der Waals surface area contributed by atoms with Gasteiger partial charge in [0.15, 0.2) is 0 Å². The third kappa shape index (κ3) is 3.05. The summed E-state index contributed by atoms with van der Waals surface area (Å²) < 4.78 is 0. The lowest BCUT2D eigenvalue weighted by Crippen LogP contribution is -2.21. The minimum atomic E-state index is -0.0439. The molecule has 0 spiro atoms. The summed E-state index contributed by atoms with van der Waals surface area (Å²) in [6.07, 6.45) is 3.92. The third-order valence-corrected chi connectivity index (χ3v) is 4.39. The van der Waals surface area contributed by atoms with E-state index in [9.17, 15) is 0 Å². The maximum absolute atomic E-state index is 4.76. The molecule has 1 saturated carbocycles. The Morgan fingerprint density at radius 2 is 1.75 bits per heavy atom. The molecule has 112 valence electrons. The zero-order chi connectivity index (χ0) is 15.0. The lowest BCUT2D eigenvalue weighted by Gasteiger charge is -2.22. The Kier molecular flexibility index (Phi) is 3.94. The van der Waals surface area contributed by atoms with E-state index in [0.717, 1.165) is 29.6 Å². The Morgan fingerprint density at radius 1 is 1.15 bits per heavy atom. The standard InChI is InChI=1S/C16H28N4/c1-7-16(8-9-16)10-18-13-11(2)12(17-6)19-14(20-13)15(3,4)5/h7-10H2,1-6H3,(H2,17,18,19,20). The van der Waals surface area contributed by atoms with Gasteiger partial charge in [0.05, 0.1) is 0 Å². The van der Waals surface area contributed by atoms with E-state index in [1.165, 1.54) is 19.3 Å².